The molecule has 7 heteroatoms. The molecule has 2 N–H and O–H groups in total. The van der Waals surface area contributed by atoms with Gasteiger partial charge in [-0.25, -0.2) is 8.42 Å². The standard InChI is InChI=1S/C12H16N2O4S/c1-17-11-4-9(2-3-10(11)13)19(15,16)14-5-12(6-14)7-18-8-12/h2-4H,5-8,13H2,1H3. The number of methoxy groups -OCH3 is 1. The van der Waals surface area contributed by atoms with Gasteiger partial charge < -0.3 is 15.2 Å². The normalized spacial score (nSPS) is 21.7. The molecule has 0 radical (unpaired) electrons. The number of nitrogens with two attached hydrogens (primary N) is 1. The molecule has 6 nitrogen and oxygen atoms in total. The van der Waals surface area contributed by atoms with E-state index in [0.29, 0.717) is 37.7 Å². The largest absolute Gasteiger partial charge is 0.495 e. The van der Waals surface area contributed by atoms with Gasteiger partial charge in [-0.05, 0) is 12.1 Å². The van der Waals surface area contributed by atoms with Crippen molar-refractivity contribution in [2.24, 2.45) is 5.41 Å². The van der Waals surface area contributed by atoms with Gasteiger partial charge in [-0.2, -0.15) is 4.31 Å². The Bertz CT molecular complexity index is 602. The van der Waals surface area contributed by atoms with Crippen molar-refractivity contribution in [3.63, 3.8) is 0 Å². The second-order valence-corrected chi connectivity index (χ2v) is 7.11. The minimum Gasteiger partial charge on any atom is -0.495 e. The van der Waals surface area contributed by atoms with Crippen LogP contribution >= 0.6 is 0 Å². The number of nitrogens with zero attached hydrogens (tertiary/aromatic N) is 1. The SMILES string of the molecule is COc1cc(S(=O)(=O)N2CC3(COC3)C2)ccc1N. The molecule has 104 valence electrons. The van der Waals surface area contributed by atoms with E-state index in [0.717, 1.165) is 0 Å². The number of sulfonamides is 1. The third-order valence-corrected chi connectivity index (χ3v) is 5.47. The minimum absolute atomic E-state index is 0.0605. The first-order chi connectivity index (χ1) is 8.97. The molecule has 0 saturated carbocycles. The van der Waals surface area contributed by atoms with Crippen LogP contribution in [0.1, 0.15) is 0 Å². The molecule has 0 atom stereocenters. The maximum Gasteiger partial charge on any atom is 0.243 e. The molecule has 0 unspecified atom stereocenters. The second kappa shape index (κ2) is 4.09. The molecule has 0 aliphatic carbocycles. The van der Waals surface area contributed by atoms with Gasteiger partial charge in [0.05, 0.1) is 30.9 Å². The Kier molecular flexibility index (Phi) is 2.74. The molecule has 1 aromatic rings. The van der Waals surface area contributed by atoms with E-state index in [1.807, 2.05) is 0 Å². The smallest absolute Gasteiger partial charge is 0.243 e. The average molecular weight is 284 g/mol. The van der Waals surface area contributed by atoms with Crippen LogP contribution in [0.3, 0.4) is 0 Å². The molecule has 3 rings (SSSR count). The first-order valence-electron chi connectivity index (χ1n) is 5.98. The van der Waals surface area contributed by atoms with Crippen molar-refractivity contribution in [3.05, 3.63) is 18.2 Å². The van der Waals surface area contributed by atoms with Gasteiger partial charge in [0.1, 0.15) is 5.75 Å². The van der Waals surface area contributed by atoms with Gasteiger partial charge in [0, 0.05) is 24.6 Å². The predicted octanol–water partition coefficient (Wildman–Crippen LogP) is 0.298. The first kappa shape index (κ1) is 12.7. The molecular formula is C12H16N2O4S. The lowest BCUT2D eigenvalue weighted by Gasteiger charge is -2.53. The predicted molar refractivity (Wildman–Crippen MR) is 69.4 cm³/mol. The summed E-state index contributed by atoms with van der Waals surface area (Å²) in [6, 6.07) is 4.52. The van der Waals surface area contributed by atoms with E-state index >= 15 is 0 Å². The van der Waals surface area contributed by atoms with Crippen molar-refractivity contribution < 1.29 is 17.9 Å². The molecule has 1 spiro atoms. The highest BCUT2D eigenvalue weighted by molar-refractivity contribution is 7.89. The van der Waals surface area contributed by atoms with Crippen molar-refractivity contribution in [2.75, 3.05) is 39.1 Å². The molecule has 0 aromatic heterocycles. The molecule has 0 amide bonds. The molecular weight excluding hydrogens is 268 g/mol. The Morgan fingerprint density at radius 2 is 2.05 bits per heavy atom. The van der Waals surface area contributed by atoms with Crippen LogP contribution in [-0.4, -0.2) is 46.1 Å². The monoisotopic (exact) mass is 284 g/mol. The summed E-state index contributed by atoms with van der Waals surface area (Å²) in [6.45, 7) is 2.37. The lowest BCUT2D eigenvalue weighted by molar-refractivity contribution is -0.166. The lowest BCUT2D eigenvalue weighted by Crippen LogP contribution is -2.66. The number of ether oxygens (including phenoxy) is 2. The summed E-state index contributed by atoms with van der Waals surface area (Å²) in [5.41, 5.74) is 6.18. The van der Waals surface area contributed by atoms with Crippen LogP contribution in [0.4, 0.5) is 5.69 Å². The molecule has 2 fully saturated rings. The minimum atomic E-state index is -3.46. The third kappa shape index (κ3) is 1.89. The first-order valence-corrected chi connectivity index (χ1v) is 7.42. The van der Waals surface area contributed by atoms with Crippen LogP contribution in [0, 0.1) is 5.41 Å². The van der Waals surface area contributed by atoms with Crippen molar-refractivity contribution in [1.29, 1.82) is 0 Å². The van der Waals surface area contributed by atoms with Gasteiger partial charge in [-0.3, -0.25) is 0 Å². The van der Waals surface area contributed by atoms with Crippen molar-refractivity contribution in [3.8, 4) is 5.75 Å². The molecule has 2 aliphatic rings. The topological polar surface area (TPSA) is 81.9 Å². The van der Waals surface area contributed by atoms with Gasteiger partial charge >= 0.3 is 0 Å². The summed E-state index contributed by atoms with van der Waals surface area (Å²) in [7, 11) is -1.99. The quantitative estimate of drug-likeness (QED) is 0.807. The van der Waals surface area contributed by atoms with E-state index in [1.165, 1.54) is 23.5 Å². The molecule has 0 bridgehead atoms. The fraction of sp³-hybridized carbons (Fsp3) is 0.500. The Labute approximate surface area is 112 Å². The Balaban J connectivity index is 1.84. The summed E-state index contributed by atoms with van der Waals surface area (Å²) >= 11 is 0. The summed E-state index contributed by atoms with van der Waals surface area (Å²) in [5, 5.41) is 0. The Morgan fingerprint density at radius 3 is 2.58 bits per heavy atom. The van der Waals surface area contributed by atoms with Crippen molar-refractivity contribution >= 4 is 15.7 Å². The van der Waals surface area contributed by atoms with Gasteiger partial charge in [0.25, 0.3) is 0 Å². The zero-order valence-corrected chi connectivity index (χ0v) is 11.4. The number of anilines is 1. The Morgan fingerprint density at radius 1 is 1.37 bits per heavy atom. The molecule has 19 heavy (non-hydrogen) atoms. The van der Waals surface area contributed by atoms with Crippen molar-refractivity contribution in [2.45, 2.75) is 4.90 Å². The maximum absolute atomic E-state index is 12.4. The third-order valence-electron chi connectivity index (χ3n) is 3.68. The van der Waals surface area contributed by atoms with E-state index in [9.17, 15) is 8.42 Å². The van der Waals surface area contributed by atoms with E-state index < -0.39 is 10.0 Å². The van der Waals surface area contributed by atoms with Gasteiger partial charge in [-0.1, -0.05) is 0 Å². The van der Waals surface area contributed by atoms with Crippen LogP contribution in [0.15, 0.2) is 23.1 Å². The number of benzene rings is 1. The highest BCUT2D eigenvalue weighted by Crippen LogP contribution is 2.41. The molecule has 1 aromatic carbocycles. The van der Waals surface area contributed by atoms with Gasteiger partial charge in [-0.15, -0.1) is 0 Å². The van der Waals surface area contributed by atoms with Crippen molar-refractivity contribution in [1.82, 2.24) is 4.31 Å². The van der Waals surface area contributed by atoms with E-state index in [-0.39, 0.29) is 10.3 Å². The molecule has 2 heterocycles. The van der Waals surface area contributed by atoms with Gasteiger partial charge in [0.2, 0.25) is 10.0 Å². The zero-order valence-electron chi connectivity index (χ0n) is 10.6. The highest BCUT2D eigenvalue weighted by Gasteiger charge is 2.53. The van der Waals surface area contributed by atoms with Crippen LogP contribution in [0.25, 0.3) is 0 Å². The maximum atomic E-state index is 12.4. The average Bonchev–Trinajstić information content (AvgIpc) is 2.25. The van der Waals surface area contributed by atoms with E-state index in [2.05, 4.69) is 0 Å². The van der Waals surface area contributed by atoms with Gasteiger partial charge in [0.15, 0.2) is 0 Å². The number of hydrogen-bond acceptors (Lipinski definition) is 5. The fourth-order valence-corrected chi connectivity index (χ4v) is 4.13. The number of nitrogen functional groups attached to an aromatic ring is 1. The fourth-order valence-electron chi connectivity index (χ4n) is 2.45. The summed E-state index contributed by atoms with van der Waals surface area (Å²) in [6.07, 6.45) is 0. The Hall–Kier alpha value is -1.31. The summed E-state index contributed by atoms with van der Waals surface area (Å²) in [4.78, 5) is 0.216. The van der Waals surface area contributed by atoms with E-state index in [1.54, 1.807) is 6.07 Å². The highest BCUT2D eigenvalue weighted by atomic mass is 32.2. The number of hydrogen-bond donors (Lipinski definition) is 1. The molecule has 2 aliphatic heterocycles. The summed E-state index contributed by atoms with van der Waals surface area (Å²) in [5.74, 6) is 0.378. The van der Waals surface area contributed by atoms with E-state index in [4.69, 9.17) is 15.2 Å². The zero-order chi connectivity index (χ0) is 13.7. The van der Waals surface area contributed by atoms with Crippen LogP contribution in [0.5, 0.6) is 5.75 Å². The summed E-state index contributed by atoms with van der Waals surface area (Å²) < 4.78 is 36.5. The van der Waals surface area contributed by atoms with Crippen LogP contribution in [0.2, 0.25) is 0 Å². The second-order valence-electron chi connectivity index (χ2n) is 5.17. The number of rotatable bonds is 3. The van der Waals surface area contributed by atoms with Crippen LogP contribution in [-0.2, 0) is 14.8 Å². The lowest BCUT2D eigenvalue weighted by atomic mass is 9.80. The molecule has 2 saturated heterocycles. The van der Waals surface area contributed by atoms with Crippen LogP contribution < -0.4 is 10.5 Å².